The third kappa shape index (κ3) is 3.61. The second-order valence-corrected chi connectivity index (χ2v) is 6.59. The molecule has 0 saturated carbocycles. The van der Waals surface area contributed by atoms with Crippen LogP contribution in [0, 0.1) is 12.7 Å². The fourth-order valence-corrected chi connectivity index (χ4v) is 3.56. The van der Waals surface area contributed by atoms with Gasteiger partial charge in [-0.3, -0.25) is 9.48 Å². The number of hydrogen-bond donors (Lipinski definition) is 0. The van der Waals surface area contributed by atoms with Gasteiger partial charge in [0.2, 0.25) is 0 Å². The van der Waals surface area contributed by atoms with Crippen LogP contribution >= 0.6 is 0 Å². The molecule has 1 heterocycles. The quantitative estimate of drug-likeness (QED) is 0.589. The van der Waals surface area contributed by atoms with Gasteiger partial charge in [-0.1, -0.05) is 18.2 Å². The maximum atomic E-state index is 14.1. The van der Waals surface area contributed by atoms with Gasteiger partial charge in [-0.2, -0.15) is 18.3 Å². The largest absolute Gasteiger partial charge is 0.468 e. The SMILES string of the molecule is COC(=O)[C@]1(c2cccc(F)c2C)C=C(c2cnn(CC(F)(F)F)c2)CC1. The zero-order chi connectivity index (χ0) is 19.8. The summed E-state index contributed by atoms with van der Waals surface area (Å²) in [6.07, 6.45) is 0.693. The minimum absolute atomic E-state index is 0.337. The first-order valence-electron chi connectivity index (χ1n) is 8.31. The van der Waals surface area contributed by atoms with E-state index >= 15 is 0 Å². The van der Waals surface area contributed by atoms with E-state index in [9.17, 15) is 22.4 Å². The van der Waals surface area contributed by atoms with Crippen molar-refractivity contribution in [3.8, 4) is 0 Å². The van der Waals surface area contributed by atoms with E-state index in [1.807, 2.05) is 0 Å². The Morgan fingerprint density at radius 3 is 2.78 bits per heavy atom. The monoisotopic (exact) mass is 382 g/mol. The molecule has 0 radical (unpaired) electrons. The van der Waals surface area contributed by atoms with Crippen molar-refractivity contribution in [2.45, 2.75) is 37.9 Å². The first-order valence-corrected chi connectivity index (χ1v) is 8.31. The number of alkyl halides is 3. The average Bonchev–Trinajstić information content (AvgIpc) is 3.23. The van der Waals surface area contributed by atoms with Gasteiger partial charge in [0.15, 0.2) is 0 Å². The Balaban J connectivity index is 2.02. The van der Waals surface area contributed by atoms with Crippen molar-refractivity contribution < 1.29 is 27.1 Å². The third-order valence-corrected chi connectivity index (χ3v) is 4.85. The second-order valence-electron chi connectivity index (χ2n) is 6.59. The number of esters is 1. The maximum absolute atomic E-state index is 14.1. The van der Waals surface area contributed by atoms with Crippen molar-refractivity contribution in [3.05, 3.63) is 59.2 Å². The molecule has 0 aliphatic heterocycles. The van der Waals surface area contributed by atoms with Crippen LogP contribution in [0.15, 0.2) is 36.7 Å². The number of methoxy groups -OCH3 is 1. The van der Waals surface area contributed by atoms with Gasteiger partial charge in [-0.05, 0) is 42.5 Å². The predicted octanol–water partition coefficient (Wildman–Crippen LogP) is 4.18. The number of benzene rings is 1. The Morgan fingerprint density at radius 1 is 1.37 bits per heavy atom. The molecule has 0 unspecified atom stereocenters. The number of rotatable bonds is 4. The topological polar surface area (TPSA) is 44.1 Å². The van der Waals surface area contributed by atoms with Gasteiger partial charge in [-0.25, -0.2) is 4.39 Å². The molecule has 27 heavy (non-hydrogen) atoms. The van der Waals surface area contributed by atoms with Crippen LogP contribution in [0.2, 0.25) is 0 Å². The van der Waals surface area contributed by atoms with Gasteiger partial charge in [0, 0.05) is 11.8 Å². The summed E-state index contributed by atoms with van der Waals surface area (Å²) in [5.41, 5.74) is 0.833. The number of ether oxygens (including phenoxy) is 1. The Morgan fingerprint density at radius 2 is 2.11 bits per heavy atom. The number of halogens is 4. The molecule has 4 nitrogen and oxygen atoms in total. The summed E-state index contributed by atoms with van der Waals surface area (Å²) in [6.45, 7) is 0.397. The fourth-order valence-electron chi connectivity index (χ4n) is 3.56. The van der Waals surface area contributed by atoms with Crippen LogP contribution in [0.1, 0.15) is 29.5 Å². The lowest BCUT2D eigenvalue weighted by atomic mass is 9.78. The molecule has 0 bridgehead atoms. The third-order valence-electron chi connectivity index (χ3n) is 4.85. The molecule has 0 spiro atoms. The molecular formula is C19H18F4N2O2. The van der Waals surface area contributed by atoms with Crippen molar-refractivity contribution >= 4 is 11.5 Å². The van der Waals surface area contributed by atoms with E-state index in [-0.39, 0.29) is 0 Å². The Kier molecular flexibility index (Phi) is 4.84. The van der Waals surface area contributed by atoms with Gasteiger partial charge in [0.1, 0.15) is 17.8 Å². The van der Waals surface area contributed by atoms with Gasteiger partial charge < -0.3 is 4.74 Å². The lowest BCUT2D eigenvalue weighted by Crippen LogP contribution is -2.34. The average molecular weight is 382 g/mol. The van der Waals surface area contributed by atoms with Gasteiger partial charge in [0.25, 0.3) is 0 Å². The lowest BCUT2D eigenvalue weighted by molar-refractivity contribution is -0.145. The lowest BCUT2D eigenvalue weighted by Gasteiger charge is -2.26. The first-order chi connectivity index (χ1) is 12.7. The van der Waals surface area contributed by atoms with Crippen molar-refractivity contribution in [1.29, 1.82) is 0 Å². The Hall–Kier alpha value is -2.64. The summed E-state index contributed by atoms with van der Waals surface area (Å²) in [7, 11) is 1.26. The number of carbonyl (C=O) groups is 1. The normalized spacial score (nSPS) is 19.9. The zero-order valence-corrected chi connectivity index (χ0v) is 14.8. The van der Waals surface area contributed by atoms with Crippen molar-refractivity contribution in [2.75, 3.05) is 7.11 Å². The molecule has 0 fully saturated rings. The van der Waals surface area contributed by atoms with E-state index in [0.717, 1.165) is 4.68 Å². The molecule has 1 atom stereocenters. The fraction of sp³-hybridized carbons (Fsp3) is 0.368. The standard InChI is InChI=1S/C19H18F4N2O2/c1-12-15(4-3-5-16(12)20)18(17(26)27-2)7-6-13(8-18)14-9-24-25(10-14)11-19(21,22)23/h3-5,8-10H,6-7,11H2,1-2H3/t18-/m0/s1. The van der Waals surface area contributed by atoms with E-state index in [4.69, 9.17) is 4.74 Å². The van der Waals surface area contributed by atoms with Crippen LogP contribution in [0.3, 0.4) is 0 Å². The van der Waals surface area contributed by atoms with Crippen LogP contribution in [0.25, 0.3) is 5.57 Å². The van der Waals surface area contributed by atoms with E-state index < -0.39 is 29.9 Å². The molecular weight excluding hydrogens is 364 g/mol. The van der Waals surface area contributed by atoms with Gasteiger partial charge >= 0.3 is 12.1 Å². The van der Waals surface area contributed by atoms with Crippen LogP contribution in [-0.4, -0.2) is 29.0 Å². The molecule has 2 aromatic rings. The molecule has 8 heteroatoms. The number of carbonyl (C=O) groups excluding carboxylic acids is 1. The molecule has 144 valence electrons. The first kappa shape index (κ1) is 19.1. The van der Waals surface area contributed by atoms with Crippen molar-refractivity contribution in [2.24, 2.45) is 0 Å². The molecule has 3 rings (SSSR count). The summed E-state index contributed by atoms with van der Waals surface area (Å²) in [6, 6.07) is 4.50. The zero-order valence-electron chi connectivity index (χ0n) is 14.8. The van der Waals surface area contributed by atoms with E-state index in [1.165, 1.54) is 31.6 Å². The molecule has 0 amide bonds. The molecule has 0 saturated heterocycles. The number of hydrogen-bond acceptors (Lipinski definition) is 3. The highest BCUT2D eigenvalue weighted by molar-refractivity contribution is 5.91. The van der Waals surface area contributed by atoms with E-state index in [1.54, 1.807) is 19.1 Å². The number of aromatic nitrogens is 2. The van der Waals surface area contributed by atoms with Crippen LogP contribution in [0.4, 0.5) is 17.6 Å². The second kappa shape index (κ2) is 6.83. The highest BCUT2D eigenvalue weighted by Crippen LogP contribution is 2.45. The summed E-state index contributed by atoms with van der Waals surface area (Å²) < 4.78 is 57.4. The molecule has 1 aromatic carbocycles. The van der Waals surface area contributed by atoms with Gasteiger partial charge in [-0.15, -0.1) is 0 Å². The molecule has 1 aromatic heterocycles. The Labute approximate surface area is 153 Å². The van der Waals surface area contributed by atoms with Crippen LogP contribution < -0.4 is 0 Å². The summed E-state index contributed by atoms with van der Waals surface area (Å²) in [5, 5.41) is 3.74. The van der Waals surface area contributed by atoms with Crippen molar-refractivity contribution in [3.63, 3.8) is 0 Å². The molecule has 1 aliphatic rings. The Bertz CT molecular complexity index is 901. The van der Waals surface area contributed by atoms with Crippen LogP contribution in [0.5, 0.6) is 0 Å². The minimum atomic E-state index is -4.37. The number of allylic oxidation sites excluding steroid dienone is 1. The predicted molar refractivity (Wildman–Crippen MR) is 90.3 cm³/mol. The smallest absolute Gasteiger partial charge is 0.408 e. The summed E-state index contributed by atoms with van der Waals surface area (Å²) in [5.74, 6) is -0.968. The van der Waals surface area contributed by atoms with Crippen LogP contribution in [-0.2, 0) is 21.5 Å². The molecule has 0 N–H and O–H groups in total. The van der Waals surface area contributed by atoms with E-state index in [2.05, 4.69) is 5.10 Å². The number of nitrogens with zero attached hydrogens (tertiary/aromatic N) is 2. The highest BCUT2D eigenvalue weighted by atomic mass is 19.4. The van der Waals surface area contributed by atoms with Crippen molar-refractivity contribution in [1.82, 2.24) is 9.78 Å². The summed E-state index contributed by atoms with van der Waals surface area (Å²) in [4.78, 5) is 12.6. The minimum Gasteiger partial charge on any atom is -0.468 e. The van der Waals surface area contributed by atoms with Gasteiger partial charge in [0.05, 0.1) is 13.3 Å². The highest BCUT2D eigenvalue weighted by Gasteiger charge is 2.44. The van der Waals surface area contributed by atoms with E-state index in [0.29, 0.717) is 35.1 Å². The molecule has 1 aliphatic carbocycles. The maximum Gasteiger partial charge on any atom is 0.408 e. The summed E-state index contributed by atoms with van der Waals surface area (Å²) >= 11 is 0.